The van der Waals surface area contributed by atoms with Gasteiger partial charge in [-0.05, 0) is 31.8 Å². The fraction of sp³-hybridized carbons (Fsp3) is 0.750. The van der Waals surface area contributed by atoms with Crippen LogP contribution in [0.4, 0.5) is 13.2 Å². The van der Waals surface area contributed by atoms with Crippen molar-refractivity contribution in [3.8, 4) is 0 Å². The van der Waals surface area contributed by atoms with E-state index in [1.54, 1.807) is 7.05 Å². The van der Waals surface area contributed by atoms with Gasteiger partial charge in [-0.3, -0.25) is 4.99 Å². The van der Waals surface area contributed by atoms with Crippen molar-refractivity contribution in [3.05, 3.63) is 16.1 Å². The molecule has 1 fully saturated rings. The maximum Gasteiger partial charge on any atom is 0.434 e. The summed E-state index contributed by atoms with van der Waals surface area (Å²) in [5.41, 5.74) is -0.812. The van der Waals surface area contributed by atoms with Crippen molar-refractivity contribution in [2.45, 2.75) is 32.4 Å². The Kier molecular flexibility index (Phi) is 7.49. The molecular formula is C16H26F3N5S. The Labute approximate surface area is 150 Å². The zero-order chi connectivity index (χ0) is 18.3. The van der Waals surface area contributed by atoms with E-state index in [-0.39, 0.29) is 0 Å². The summed E-state index contributed by atoms with van der Waals surface area (Å²) < 4.78 is 37.6. The average Bonchev–Trinajstić information content (AvgIpc) is 3.07. The van der Waals surface area contributed by atoms with Gasteiger partial charge in [0.05, 0.1) is 5.01 Å². The van der Waals surface area contributed by atoms with Crippen LogP contribution in [0.25, 0.3) is 0 Å². The standard InChI is InChI=1S/C16H26F3N5S/c1-3-24-8-4-5-12(10-24)9-22-15(20-2)21-7-6-14-23-13(11-25-14)16(17,18)19/h11-12H,3-10H2,1-2H3,(H2,20,21,22). The largest absolute Gasteiger partial charge is 0.434 e. The maximum atomic E-state index is 12.5. The molecule has 0 aromatic carbocycles. The van der Waals surface area contributed by atoms with Gasteiger partial charge in [-0.1, -0.05) is 6.92 Å². The molecule has 1 saturated heterocycles. The Bertz CT molecular complexity index is 558. The number of hydrogen-bond acceptors (Lipinski definition) is 4. The summed E-state index contributed by atoms with van der Waals surface area (Å²) in [6.45, 7) is 6.88. The number of nitrogens with zero attached hydrogens (tertiary/aromatic N) is 3. The monoisotopic (exact) mass is 377 g/mol. The third-order valence-electron chi connectivity index (χ3n) is 4.31. The number of aliphatic imine (C=N–C) groups is 1. The second-order valence-corrected chi connectivity index (χ2v) is 7.10. The van der Waals surface area contributed by atoms with E-state index in [0.29, 0.717) is 29.9 Å². The predicted molar refractivity (Wildman–Crippen MR) is 95.0 cm³/mol. The van der Waals surface area contributed by atoms with Crippen LogP contribution in [0.5, 0.6) is 0 Å². The second-order valence-electron chi connectivity index (χ2n) is 6.16. The summed E-state index contributed by atoms with van der Waals surface area (Å²) in [6.07, 6.45) is -1.50. The number of rotatable bonds is 6. The molecule has 25 heavy (non-hydrogen) atoms. The van der Waals surface area contributed by atoms with Gasteiger partial charge >= 0.3 is 6.18 Å². The molecule has 0 saturated carbocycles. The lowest BCUT2D eigenvalue weighted by molar-refractivity contribution is -0.140. The van der Waals surface area contributed by atoms with Crippen molar-refractivity contribution in [3.63, 3.8) is 0 Å². The molecule has 0 bridgehead atoms. The fourth-order valence-electron chi connectivity index (χ4n) is 2.91. The summed E-state index contributed by atoms with van der Waals surface area (Å²) in [6, 6.07) is 0. The van der Waals surface area contributed by atoms with Gasteiger partial charge < -0.3 is 15.5 Å². The third-order valence-corrected chi connectivity index (χ3v) is 5.21. The third kappa shape index (κ3) is 6.47. The molecule has 1 aliphatic rings. The van der Waals surface area contributed by atoms with Crippen molar-refractivity contribution in [1.82, 2.24) is 20.5 Å². The Hall–Kier alpha value is -1.35. The van der Waals surface area contributed by atoms with E-state index in [9.17, 15) is 13.2 Å². The lowest BCUT2D eigenvalue weighted by Crippen LogP contribution is -2.44. The van der Waals surface area contributed by atoms with Crippen LogP contribution in [0.15, 0.2) is 10.4 Å². The molecule has 2 N–H and O–H groups in total. The normalized spacial score (nSPS) is 19.9. The molecule has 0 radical (unpaired) electrons. The van der Waals surface area contributed by atoms with Crippen molar-refractivity contribution >= 4 is 17.3 Å². The molecule has 0 aliphatic carbocycles. The van der Waals surface area contributed by atoms with E-state index in [1.165, 1.54) is 19.4 Å². The molecule has 1 aromatic rings. The van der Waals surface area contributed by atoms with Crippen LogP contribution in [0, 0.1) is 5.92 Å². The summed E-state index contributed by atoms with van der Waals surface area (Å²) in [7, 11) is 1.69. The first-order chi connectivity index (χ1) is 11.9. The Morgan fingerprint density at radius 1 is 1.44 bits per heavy atom. The molecule has 142 valence electrons. The summed E-state index contributed by atoms with van der Waals surface area (Å²) in [5, 5.41) is 7.99. The molecule has 1 atom stereocenters. The molecule has 0 spiro atoms. The van der Waals surface area contributed by atoms with Gasteiger partial charge in [-0.25, -0.2) is 4.98 Å². The lowest BCUT2D eigenvalue weighted by atomic mass is 9.98. The van der Waals surface area contributed by atoms with E-state index < -0.39 is 11.9 Å². The average molecular weight is 377 g/mol. The van der Waals surface area contributed by atoms with E-state index in [2.05, 4.69) is 32.4 Å². The van der Waals surface area contributed by atoms with Gasteiger partial charge in [0.15, 0.2) is 11.7 Å². The van der Waals surface area contributed by atoms with Gasteiger partial charge in [0.25, 0.3) is 0 Å². The topological polar surface area (TPSA) is 52.5 Å². The van der Waals surface area contributed by atoms with Crippen molar-refractivity contribution < 1.29 is 13.2 Å². The van der Waals surface area contributed by atoms with Gasteiger partial charge in [-0.2, -0.15) is 13.2 Å². The number of nitrogens with one attached hydrogen (secondary N) is 2. The number of halogens is 3. The van der Waals surface area contributed by atoms with Gasteiger partial charge in [0, 0.05) is 38.5 Å². The zero-order valence-corrected chi connectivity index (χ0v) is 15.5. The van der Waals surface area contributed by atoms with Crippen molar-refractivity contribution in [1.29, 1.82) is 0 Å². The Morgan fingerprint density at radius 3 is 2.88 bits per heavy atom. The molecule has 5 nitrogen and oxygen atoms in total. The van der Waals surface area contributed by atoms with Crippen molar-refractivity contribution in [2.24, 2.45) is 10.9 Å². The highest BCUT2D eigenvalue weighted by atomic mass is 32.1. The maximum absolute atomic E-state index is 12.5. The molecular weight excluding hydrogens is 351 g/mol. The van der Waals surface area contributed by atoms with Crippen LogP contribution in [0.2, 0.25) is 0 Å². The highest BCUT2D eigenvalue weighted by Gasteiger charge is 2.33. The van der Waals surface area contributed by atoms with Crippen molar-refractivity contribution in [2.75, 3.05) is 39.8 Å². The summed E-state index contributed by atoms with van der Waals surface area (Å²) in [5.74, 6) is 1.28. The van der Waals surface area contributed by atoms with Crippen LogP contribution < -0.4 is 10.6 Å². The SMILES string of the molecule is CCN1CCCC(CNC(=NC)NCCc2nc(C(F)(F)F)cs2)C1. The first kappa shape index (κ1) is 20.0. The highest BCUT2D eigenvalue weighted by Crippen LogP contribution is 2.29. The van der Waals surface area contributed by atoms with E-state index in [4.69, 9.17) is 0 Å². The highest BCUT2D eigenvalue weighted by molar-refractivity contribution is 7.09. The first-order valence-electron chi connectivity index (χ1n) is 8.60. The molecule has 1 aromatic heterocycles. The Morgan fingerprint density at radius 2 is 2.24 bits per heavy atom. The Balaban J connectivity index is 1.71. The zero-order valence-electron chi connectivity index (χ0n) is 14.7. The second kappa shape index (κ2) is 9.38. The predicted octanol–water partition coefficient (Wildman–Crippen LogP) is 2.60. The van der Waals surface area contributed by atoms with Crippen LogP contribution in [0.1, 0.15) is 30.5 Å². The molecule has 9 heteroatoms. The minimum atomic E-state index is -4.37. The van der Waals surface area contributed by atoms with Crippen LogP contribution >= 0.6 is 11.3 Å². The van der Waals surface area contributed by atoms with Crippen LogP contribution in [0.3, 0.4) is 0 Å². The molecule has 0 amide bonds. The van der Waals surface area contributed by atoms with Crippen LogP contribution in [-0.2, 0) is 12.6 Å². The minimum absolute atomic E-state index is 0.439. The number of hydrogen-bond donors (Lipinski definition) is 2. The van der Waals surface area contributed by atoms with Gasteiger partial charge in [0.1, 0.15) is 0 Å². The van der Waals surface area contributed by atoms with Gasteiger partial charge in [-0.15, -0.1) is 11.3 Å². The quantitative estimate of drug-likeness (QED) is 0.591. The number of aromatic nitrogens is 1. The summed E-state index contributed by atoms with van der Waals surface area (Å²) >= 11 is 1.04. The first-order valence-corrected chi connectivity index (χ1v) is 9.48. The smallest absolute Gasteiger partial charge is 0.356 e. The fourth-order valence-corrected chi connectivity index (χ4v) is 3.72. The molecule has 1 aliphatic heterocycles. The van der Waals surface area contributed by atoms with E-state index in [1.807, 2.05) is 0 Å². The van der Waals surface area contributed by atoms with Crippen LogP contribution in [-0.4, -0.2) is 55.6 Å². The number of alkyl halides is 3. The number of piperidine rings is 1. The summed E-state index contributed by atoms with van der Waals surface area (Å²) in [4.78, 5) is 10.3. The van der Waals surface area contributed by atoms with Gasteiger partial charge in [0.2, 0.25) is 0 Å². The molecule has 1 unspecified atom stereocenters. The minimum Gasteiger partial charge on any atom is -0.356 e. The number of guanidine groups is 1. The molecule has 2 rings (SSSR count). The number of thiazole rings is 1. The number of likely N-dealkylation sites (tertiary alicyclic amines) is 1. The van der Waals surface area contributed by atoms with E-state index >= 15 is 0 Å². The van der Waals surface area contributed by atoms with E-state index in [0.717, 1.165) is 36.4 Å². The molecule has 2 heterocycles. The lowest BCUT2D eigenvalue weighted by Gasteiger charge is -2.32.